The Balaban J connectivity index is 2.32. The Labute approximate surface area is 223 Å². The lowest BCUT2D eigenvalue weighted by Crippen LogP contribution is -2.62. The van der Waals surface area contributed by atoms with Crippen LogP contribution in [-0.2, 0) is 24.0 Å². The van der Waals surface area contributed by atoms with E-state index < -0.39 is 64.6 Å². The lowest BCUT2D eigenvalue weighted by atomic mass is 9.84. The highest BCUT2D eigenvalue weighted by atomic mass is 16.4. The van der Waals surface area contributed by atoms with Crippen LogP contribution in [0.4, 0.5) is 4.79 Å². The second-order valence-corrected chi connectivity index (χ2v) is 12.5. The molecular formula is C26H43N5O7. The van der Waals surface area contributed by atoms with Crippen LogP contribution in [0, 0.1) is 23.2 Å². The van der Waals surface area contributed by atoms with Crippen LogP contribution in [0.15, 0.2) is 0 Å². The number of Topliss-reactive ketones (excluding diaryl/α,β-unsaturated/α-hetero) is 1. The molecule has 1 unspecified atom stereocenters. The predicted molar refractivity (Wildman–Crippen MR) is 139 cm³/mol. The second kappa shape index (κ2) is 11.7. The zero-order valence-electron chi connectivity index (χ0n) is 23.4. The van der Waals surface area contributed by atoms with Crippen molar-refractivity contribution in [1.82, 2.24) is 20.9 Å². The average Bonchev–Trinajstić information content (AvgIpc) is 3.47. The fourth-order valence-corrected chi connectivity index (χ4v) is 4.76. The number of urea groups is 1. The number of nitrogens with zero attached hydrogens (tertiary/aromatic N) is 1. The van der Waals surface area contributed by atoms with Crippen molar-refractivity contribution in [2.75, 3.05) is 6.54 Å². The molecule has 4 atom stereocenters. The molecule has 1 saturated heterocycles. The van der Waals surface area contributed by atoms with Crippen LogP contribution < -0.4 is 21.7 Å². The summed E-state index contributed by atoms with van der Waals surface area (Å²) in [6, 6.07) is -3.89. The van der Waals surface area contributed by atoms with Gasteiger partial charge in [-0.2, -0.15) is 0 Å². The number of hydrogen-bond acceptors (Lipinski definition) is 6. The first-order valence-electron chi connectivity index (χ1n) is 13.1. The third kappa shape index (κ3) is 7.67. The molecule has 38 heavy (non-hydrogen) atoms. The maximum atomic E-state index is 13.9. The number of carboxylic acid groups (broad SMARTS) is 1. The number of hydrogen-bond donors (Lipinski definition) is 5. The monoisotopic (exact) mass is 537 g/mol. The van der Waals surface area contributed by atoms with E-state index in [1.807, 2.05) is 13.8 Å². The highest BCUT2D eigenvalue weighted by molar-refractivity contribution is 6.37. The second-order valence-electron chi connectivity index (χ2n) is 12.5. The summed E-state index contributed by atoms with van der Waals surface area (Å²) in [5, 5.41) is 17.0. The summed E-state index contributed by atoms with van der Waals surface area (Å²) in [6.45, 7) is 12.0. The van der Waals surface area contributed by atoms with Gasteiger partial charge in [0.2, 0.25) is 17.6 Å². The summed E-state index contributed by atoms with van der Waals surface area (Å²) in [5.74, 6) is -4.23. The summed E-state index contributed by atoms with van der Waals surface area (Å²) in [4.78, 5) is 77.1. The minimum atomic E-state index is -1.57. The molecule has 2 rings (SSSR count). The van der Waals surface area contributed by atoms with Crippen molar-refractivity contribution in [2.45, 2.75) is 97.8 Å². The molecule has 0 bridgehead atoms. The van der Waals surface area contributed by atoms with E-state index in [0.29, 0.717) is 12.8 Å². The number of nitrogens with two attached hydrogens (primary N) is 1. The van der Waals surface area contributed by atoms with Crippen molar-refractivity contribution in [2.24, 2.45) is 28.9 Å². The third-order valence-electron chi connectivity index (χ3n) is 7.34. The van der Waals surface area contributed by atoms with Crippen molar-refractivity contribution in [3.05, 3.63) is 0 Å². The Morgan fingerprint density at radius 1 is 0.974 bits per heavy atom. The van der Waals surface area contributed by atoms with Gasteiger partial charge in [-0.15, -0.1) is 0 Å². The molecule has 12 nitrogen and oxygen atoms in total. The molecule has 1 aliphatic heterocycles. The Bertz CT molecular complexity index is 968. The van der Waals surface area contributed by atoms with Crippen LogP contribution in [0.3, 0.4) is 0 Å². The highest BCUT2D eigenvalue weighted by Gasteiger charge is 2.48. The van der Waals surface area contributed by atoms with Crippen LogP contribution in [0.2, 0.25) is 0 Å². The number of rotatable bonds is 11. The van der Waals surface area contributed by atoms with Gasteiger partial charge in [-0.1, -0.05) is 47.5 Å². The van der Waals surface area contributed by atoms with Crippen LogP contribution in [-0.4, -0.2) is 75.7 Å². The van der Waals surface area contributed by atoms with Gasteiger partial charge in [-0.25, -0.2) is 9.59 Å². The molecule has 0 spiro atoms. The first kappa shape index (κ1) is 31.0. The predicted octanol–water partition coefficient (Wildman–Crippen LogP) is 0.776. The fourth-order valence-electron chi connectivity index (χ4n) is 4.76. The minimum Gasteiger partial charge on any atom is -0.480 e. The Kier molecular flexibility index (Phi) is 9.55. The molecular weight excluding hydrogens is 494 g/mol. The number of amides is 5. The number of carbonyl (C=O) groups is 6. The van der Waals surface area contributed by atoms with Gasteiger partial charge in [0.25, 0.3) is 5.91 Å². The SMILES string of the molecule is CC(C)[C@H]1CCN(C(=O)[C@@H](NC(=O)NC(C)(C)C(=O)O)C(C)(C)C)[C@@H]1C(=O)NC(CC1CC1)C(=O)C(N)=O. The van der Waals surface area contributed by atoms with E-state index >= 15 is 0 Å². The summed E-state index contributed by atoms with van der Waals surface area (Å²) in [7, 11) is 0. The van der Waals surface area contributed by atoms with E-state index in [-0.39, 0.29) is 24.3 Å². The van der Waals surface area contributed by atoms with Crippen molar-refractivity contribution < 1.29 is 33.9 Å². The largest absolute Gasteiger partial charge is 0.480 e. The summed E-state index contributed by atoms with van der Waals surface area (Å²) in [5.41, 5.74) is 2.87. The maximum absolute atomic E-state index is 13.9. The number of ketones is 1. The van der Waals surface area contributed by atoms with E-state index in [2.05, 4.69) is 16.0 Å². The van der Waals surface area contributed by atoms with E-state index in [1.165, 1.54) is 18.7 Å². The summed E-state index contributed by atoms with van der Waals surface area (Å²) < 4.78 is 0. The van der Waals surface area contributed by atoms with E-state index in [0.717, 1.165) is 12.8 Å². The molecule has 1 heterocycles. The smallest absolute Gasteiger partial charge is 0.328 e. The molecule has 12 heteroatoms. The van der Waals surface area contributed by atoms with Crippen molar-refractivity contribution >= 4 is 35.5 Å². The number of nitrogens with one attached hydrogen (secondary N) is 3. The van der Waals surface area contributed by atoms with Gasteiger partial charge in [0.1, 0.15) is 17.6 Å². The van der Waals surface area contributed by atoms with E-state index in [9.17, 15) is 33.9 Å². The van der Waals surface area contributed by atoms with Gasteiger partial charge < -0.3 is 31.7 Å². The number of likely N-dealkylation sites (tertiary alicyclic amines) is 1. The zero-order valence-corrected chi connectivity index (χ0v) is 23.4. The van der Waals surface area contributed by atoms with Crippen LogP contribution in [0.5, 0.6) is 0 Å². The molecule has 6 N–H and O–H groups in total. The van der Waals surface area contributed by atoms with E-state index in [4.69, 9.17) is 5.73 Å². The quantitative estimate of drug-likeness (QED) is 0.241. The first-order chi connectivity index (χ1) is 17.4. The Morgan fingerprint density at radius 3 is 2.00 bits per heavy atom. The molecule has 2 aliphatic rings. The first-order valence-corrected chi connectivity index (χ1v) is 13.1. The number of primary amides is 1. The van der Waals surface area contributed by atoms with Gasteiger partial charge in [-0.3, -0.25) is 19.2 Å². The van der Waals surface area contributed by atoms with Gasteiger partial charge in [-0.05, 0) is 49.9 Å². The topological polar surface area (TPSA) is 188 Å². The standard InChI is InChI=1S/C26H43N5O7/c1-13(2)15-10-11-31(17(15)21(34)28-16(12-14-8-9-14)18(32)20(27)33)22(35)19(25(3,4)5)29-24(38)30-26(6,7)23(36)37/h13-17,19H,8-12H2,1-7H3,(H2,27,33)(H,28,34)(H,36,37)(H2,29,30,38)/t15-,16?,17+,19-/m1/s1. The van der Waals surface area contributed by atoms with Crippen molar-refractivity contribution in [3.63, 3.8) is 0 Å². The molecule has 5 amide bonds. The molecule has 214 valence electrons. The van der Waals surface area contributed by atoms with Crippen molar-refractivity contribution in [3.8, 4) is 0 Å². The molecule has 0 aromatic carbocycles. The van der Waals surface area contributed by atoms with Gasteiger partial charge >= 0.3 is 12.0 Å². The molecule has 1 saturated carbocycles. The maximum Gasteiger partial charge on any atom is 0.328 e. The van der Waals surface area contributed by atoms with Gasteiger partial charge in [0, 0.05) is 6.54 Å². The number of carboxylic acids is 1. The summed E-state index contributed by atoms with van der Waals surface area (Å²) >= 11 is 0. The molecule has 0 aromatic heterocycles. The Hall–Kier alpha value is -3.18. The Morgan fingerprint density at radius 2 is 1.55 bits per heavy atom. The molecule has 0 aromatic rings. The third-order valence-corrected chi connectivity index (χ3v) is 7.34. The highest BCUT2D eigenvalue weighted by Crippen LogP contribution is 2.35. The van der Waals surface area contributed by atoms with Crippen LogP contribution in [0.25, 0.3) is 0 Å². The van der Waals surface area contributed by atoms with Gasteiger partial charge in [0.15, 0.2) is 0 Å². The lowest BCUT2D eigenvalue weighted by Gasteiger charge is -2.37. The average molecular weight is 538 g/mol. The minimum absolute atomic E-state index is 0.0259. The van der Waals surface area contributed by atoms with Crippen molar-refractivity contribution in [1.29, 1.82) is 0 Å². The molecule has 2 fully saturated rings. The normalized spacial score (nSPS) is 21.4. The lowest BCUT2D eigenvalue weighted by molar-refractivity contribution is -0.144. The van der Waals surface area contributed by atoms with Crippen LogP contribution in [0.1, 0.15) is 74.1 Å². The zero-order chi connectivity index (χ0) is 29.2. The number of carbonyl (C=O) groups excluding carboxylic acids is 5. The molecule has 1 aliphatic carbocycles. The summed E-state index contributed by atoms with van der Waals surface area (Å²) in [6.07, 6.45) is 2.65. The van der Waals surface area contributed by atoms with Gasteiger partial charge in [0.05, 0.1) is 6.04 Å². The number of aliphatic carboxylic acids is 1. The molecule has 0 radical (unpaired) electrons. The van der Waals surface area contributed by atoms with E-state index in [1.54, 1.807) is 20.8 Å². The van der Waals surface area contributed by atoms with Crippen LogP contribution >= 0.6 is 0 Å². The fraction of sp³-hybridized carbons (Fsp3) is 0.769.